The zero-order valence-corrected chi connectivity index (χ0v) is 19.0. The van der Waals surface area contributed by atoms with Crippen LogP contribution >= 0.6 is 0 Å². The highest BCUT2D eigenvalue weighted by Gasteiger charge is 2.46. The molecule has 0 bridgehead atoms. The summed E-state index contributed by atoms with van der Waals surface area (Å²) in [6, 6.07) is 0. The van der Waals surface area contributed by atoms with Crippen LogP contribution in [-0.2, 0) is 20.0 Å². The Bertz CT molecular complexity index is 679. The van der Waals surface area contributed by atoms with Gasteiger partial charge in [0.15, 0.2) is 20.0 Å². The third-order valence-electron chi connectivity index (χ3n) is 4.88. The highest BCUT2D eigenvalue weighted by Crippen LogP contribution is 2.36. The van der Waals surface area contributed by atoms with Gasteiger partial charge in [-0.15, -0.1) is 0 Å². The van der Waals surface area contributed by atoms with Crippen LogP contribution in [0.15, 0.2) is 0 Å². The van der Waals surface area contributed by atoms with Crippen molar-refractivity contribution in [2.24, 2.45) is 0 Å². The molecule has 16 heteroatoms. The summed E-state index contributed by atoms with van der Waals surface area (Å²) in [4.78, 5) is 0. The Morgan fingerprint density at radius 3 is 1.28 bits per heavy atom. The van der Waals surface area contributed by atoms with E-state index in [1.54, 1.807) is 0 Å². The molecule has 2 N–H and O–H groups in total. The van der Waals surface area contributed by atoms with E-state index in [1.165, 1.54) is 69.2 Å². The molecule has 0 aromatic carbocycles. The number of aliphatic hydroxyl groups excluding tert-OH is 2. The largest absolute Gasteiger partial charge is 0.480 e. The fourth-order valence-corrected chi connectivity index (χ4v) is 4.96. The maximum atomic E-state index is 11.4. The molecule has 0 atom stereocenters. The zero-order chi connectivity index (χ0) is 25.1. The van der Waals surface area contributed by atoms with Gasteiger partial charge in [0.2, 0.25) is 0 Å². The van der Waals surface area contributed by atoms with Crippen molar-refractivity contribution in [2.75, 3.05) is 39.4 Å². The molecule has 1 aliphatic rings. The van der Waals surface area contributed by atoms with E-state index in [0.717, 1.165) is 17.0 Å². The Morgan fingerprint density at radius 1 is 0.656 bits per heavy atom. The lowest BCUT2D eigenvalue weighted by Crippen LogP contribution is -2.46. The van der Waals surface area contributed by atoms with E-state index in [4.69, 9.17) is 10.2 Å². The number of halogens is 6. The van der Waals surface area contributed by atoms with Crippen LogP contribution in [0, 0.1) is 0 Å². The molecule has 0 radical (unpaired) electrons. The Hall–Kier alpha value is -0.680. The minimum Gasteiger partial charge on any atom is -0.421 e. The first kappa shape index (κ1) is 31.3. The number of aliphatic hydroxyl groups is 2. The van der Waals surface area contributed by atoms with Crippen molar-refractivity contribution < 1.29 is 57.9 Å². The summed E-state index contributed by atoms with van der Waals surface area (Å²) in [7, 11) is -13.4. The van der Waals surface area contributed by atoms with Crippen molar-refractivity contribution in [1.82, 2.24) is 0 Å². The summed E-state index contributed by atoms with van der Waals surface area (Å²) in [5.74, 6) is 0. The molecule has 194 valence electrons. The second-order valence-electron chi connectivity index (χ2n) is 7.43. The minimum absolute atomic E-state index is 0.344. The summed E-state index contributed by atoms with van der Waals surface area (Å²) in [5, 5.41) is 17.6. The summed E-state index contributed by atoms with van der Waals surface area (Å²) in [6.07, 6.45) is 9.58. The van der Waals surface area contributed by atoms with Crippen LogP contribution in [-0.4, -0.2) is 81.9 Å². The minimum atomic E-state index is -6.72. The van der Waals surface area contributed by atoms with Crippen molar-refractivity contribution >= 4 is 20.0 Å². The molecule has 1 fully saturated rings. The molecule has 0 unspecified atom stereocenters. The summed E-state index contributed by atoms with van der Waals surface area (Å²) < 4.78 is 110. The van der Waals surface area contributed by atoms with Gasteiger partial charge in [0.25, 0.3) is 0 Å². The lowest BCUT2D eigenvalue weighted by molar-refractivity contribution is -0.917. The standard InChI is InChI=1S/C14H30NO2.C2F6NO4S2/c16-13-7-1-3-9-15(11-5-6-12-15)10-4-2-8-14-17;3-1(4,5)14(10,11)9-15(12,13)2(6,7)8/h16-17H,1-14H2;/q+1;-1. The van der Waals surface area contributed by atoms with Gasteiger partial charge in [-0.1, -0.05) is 0 Å². The second-order valence-corrected chi connectivity index (χ2v) is 10.9. The van der Waals surface area contributed by atoms with Crippen LogP contribution in [0.25, 0.3) is 4.13 Å². The van der Waals surface area contributed by atoms with Crippen LogP contribution in [0.4, 0.5) is 26.3 Å². The van der Waals surface area contributed by atoms with E-state index in [2.05, 4.69) is 0 Å². The number of sulfonamides is 2. The molecule has 1 rings (SSSR count). The van der Waals surface area contributed by atoms with Gasteiger partial charge in [0.1, 0.15) is 0 Å². The van der Waals surface area contributed by atoms with Gasteiger partial charge in [-0.05, 0) is 38.5 Å². The number of hydrogen-bond donors (Lipinski definition) is 2. The fourth-order valence-electron chi connectivity index (χ4n) is 3.25. The Labute approximate surface area is 184 Å². The van der Waals surface area contributed by atoms with Crippen LogP contribution in [0.1, 0.15) is 51.4 Å². The van der Waals surface area contributed by atoms with Gasteiger partial charge in [0, 0.05) is 26.1 Å². The second kappa shape index (κ2) is 13.3. The lowest BCUT2D eigenvalue weighted by Gasteiger charge is -2.34. The third-order valence-corrected chi connectivity index (χ3v) is 7.62. The third kappa shape index (κ3) is 11.0. The molecule has 1 heterocycles. The first-order chi connectivity index (χ1) is 14.5. The van der Waals surface area contributed by atoms with Crippen LogP contribution in [0.3, 0.4) is 0 Å². The van der Waals surface area contributed by atoms with E-state index in [9.17, 15) is 43.2 Å². The van der Waals surface area contributed by atoms with E-state index in [1.807, 2.05) is 0 Å². The first-order valence-electron chi connectivity index (χ1n) is 9.97. The molecule has 8 nitrogen and oxygen atoms in total. The Balaban J connectivity index is 0.000000607. The molecular weight excluding hydrogens is 494 g/mol. The van der Waals surface area contributed by atoms with E-state index < -0.39 is 31.1 Å². The van der Waals surface area contributed by atoms with Crippen LogP contribution in [0.2, 0.25) is 0 Å². The first-order valence-corrected chi connectivity index (χ1v) is 12.9. The number of likely N-dealkylation sites (tertiary alicyclic amines) is 1. The number of alkyl halides is 6. The molecule has 0 aromatic heterocycles. The highest BCUT2D eigenvalue weighted by molar-refractivity contribution is 8.13. The van der Waals surface area contributed by atoms with Crippen molar-refractivity contribution in [1.29, 1.82) is 0 Å². The summed E-state index contributed by atoms with van der Waals surface area (Å²) >= 11 is 0. The van der Waals surface area contributed by atoms with Crippen LogP contribution < -0.4 is 0 Å². The molecule has 0 saturated carbocycles. The maximum Gasteiger partial charge on any atom is 0.480 e. The van der Waals surface area contributed by atoms with Gasteiger partial charge in [-0.25, -0.2) is 16.8 Å². The average molecular weight is 525 g/mol. The number of hydrogen-bond acceptors (Lipinski definition) is 6. The van der Waals surface area contributed by atoms with Crippen molar-refractivity contribution in [2.45, 2.75) is 62.4 Å². The van der Waals surface area contributed by atoms with Gasteiger partial charge < -0.3 is 18.8 Å². The molecule has 1 aliphatic heterocycles. The van der Waals surface area contributed by atoms with E-state index >= 15 is 0 Å². The molecule has 0 aromatic rings. The van der Waals surface area contributed by atoms with Crippen molar-refractivity contribution in [3.8, 4) is 0 Å². The SMILES string of the molecule is O=S(=O)([N-]S(=O)(=O)C(F)(F)F)C(F)(F)F.OCCCCC[N+]1(CCCCCO)CCCC1. The number of nitrogens with zero attached hydrogens (tertiary/aromatic N) is 2. The van der Waals surface area contributed by atoms with Gasteiger partial charge in [-0.3, -0.25) is 0 Å². The monoisotopic (exact) mass is 524 g/mol. The average Bonchev–Trinajstić information content (AvgIpc) is 3.09. The van der Waals surface area contributed by atoms with E-state index in [-0.39, 0.29) is 0 Å². The maximum absolute atomic E-state index is 11.4. The molecule has 1 saturated heterocycles. The smallest absolute Gasteiger partial charge is 0.421 e. The fraction of sp³-hybridized carbons (Fsp3) is 1.00. The molecule has 0 aliphatic carbocycles. The lowest BCUT2D eigenvalue weighted by atomic mass is 10.2. The summed E-state index contributed by atoms with van der Waals surface area (Å²) in [6.45, 7) is 6.02. The predicted octanol–water partition coefficient (Wildman–Crippen LogP) is 2.98. The molecular formula is C16H30F6N2O6S2. The molecule has 0 amide bonds. The van der Waals surface area contributed by atoms with Gasteiger partial charge in [-0.2, -0.15) is 26.3 Å². The topological polar surface area (TPSA) is 123 Å². The number of rotatable bonds is 12. The quantitative estimate of drug-likeness (QED) is 0.230. The highest BCUT2D eigenvalue weighted by atomic mass is 32.3. The van der Waals surface area contributed by atoms with Crippen molar-refractivity contribution in [3.63, 3.8) is 0 Å². The normalized spacial score (nSPS) is 17.1. The predicted molar refractivity (Wildman–Crippen MR) is 104 cm³/mol. The van der Waals surface area contributed by atoms with Crippen LogP contribution in [0.5, 0.6) is 0 Å². The summed E-state index contributed by atoms with van der Waals surface area (Å²) in [5.41, 5.74) is -12.4. The molecule has 32 heavy (non-hydrogen) atoms. The Morgan fingerprint density at radius 2 is 1.00 bits per heavy atom. The Kier molecular flexibility index (Phi) is 13.0. The number of quaternary nitrogens is 1. The number of unbranched alkanes of at least 4 members (excludes halogenated alkanes) is 4. The van der Waals surface area contributed by atoms with E-state index in [0.29, 0.717) is 13.2 Å². The molecule has 0 spiro atoms. The van der Waals surface area contributed by atoms with Gasteiger partial charge >= 0.3 is 11.0 Å². The zero-order valence-electron chi connectivity index (χ0n) is 17.4. The van der Waals surface area contributed by atoms with Crippen molar-refractivity contribution in [3.05, 3.63) is 4.13 Å². The van der Waals surface area contributed by atoms with Gasteiger partial charge in [0.05, 0.1) is 26.2 Å².